The van der Waals surface area contributed by atoms with Gasteiger partial charge in [-0.05, 0) is 31.6 Å². The van der Waals surface area contributed by atoms with Crippen molar-refractivity contribution in [2.75, 3.05) is 5.33 Å². The van der Waals surface area contributed by atoms with Crippen molar-refractivity contribution in [1.82, 2.24) is 4.72 Å². The predicted molar refractivity (Wildman–Crippen MR) is 83.1 cm³/mol. The van der Waals surface area contributed by atoms with Gasteiger partial charge in [0.25, 0.3) is 0 Å². The van der Waals surface area contributed by atoms with Crippen LogP contribution in [0.5, 0.6) is 0 Å². The Morgan fingerprint density at radius 1 is 1.16 bits per heavy atom. The van der Waals surface area contributed by atoms with Crippen molar-refractivity contribution < 1.29 is 8.42 Å². The second kappa shape index (κ2) is 6.44. The molecule has 0 aromatic carbocycles. The largest absolute Gasteiger partial charge is 0.215 e. The molecule has 1 N–H and O–H groups in total. The van der Waals surface area contributed by atoms with Crippen molar-refractivity contribution in [2.24, 2.45) is 5.92 Å². The van der Waals surface area contributed by atoms with E-state index in [1.165, 1.54) is 12.8 Å². The third kappa shape index (κ3) is 3.94. The van der Waals surface area contributed by atoms with Crippen molar-refractivity contribution in [1.29, 1.82) is 0 Å². The summed E-state index contributed by atoms with van der Waals surface area (Å²) in [6, 6.07) is 0. The zero-order chi connectivity index (χ0) is 13.9. The summed E-state index contributed by atoms with van der Waals surface area (Å²) in [4.78, 5) is 0. The number of alkyl halides is 1. The molecule has 0 bridgehead atoms. The van der Waals surface area contributed by atoms with Crippen LogP contribution in [-0.4, -0.2) is 24.5 Å². The Balaban J connectivity index is 2.07. The summed E-state index contributed by atoms with van der Waals surface area (Å²) in [5.41, 5.74) is -0.242. The molecule has 0 aromatic rings. The van der Waals surface area contributed by atoms with Crippen molar-refractivity contribution in [3.05, 3.63) is 0 Å². The Kier molecular flexibility index (Phi) is 5.34. The minimum absolute atomic E-state index is 0.158. The summed E-state index contributed by atoms with van der Waals surface area (Å²) in [6.45, 7) is 2.23. The van der Waals surface area contributed by atoms with Gasteiger partial charge < -0.3 is 0 Å². The standard InChI is InChI=1S/C14H26BrNO2S/c1-12-6-5-9-14(10-12,11-15)16-19(17,18)13-7-3-2-4-8-13/h12-13,16H,2-11H2,1H3. The summed E-state index contributed by atoms with van der Waals surface area (Å²) < 4.78 is 28.3. The Hall–Kier alpha value is 0.390. The van der Waals surface area contributed by atoms with E-state index in [2.05, 4.69) is 27.6 Å². The quantitative estimate of drug-likeness (QED) is 0.786. The first kappa shape index (κ1) is 15.8. The molecule has 0 saturated heterocycles. The zero-order valence-corrected chi connectivity index (χ0v) is 14.2. The fourth-order valence-electron chi connectivity index (χ4n) is 3.66. The molecular weight excluding hydrogens is 326 g/mol. The molecule has 0 aromatic heterocycles. The molecule has 2 aliphatic rings. The molecular formula is C14H26BrNO2S. The fraction of sp³-hybridized carbons (Fsp3) is 1.00. The number of hydrogen-bond acceptors (Lipinski definition) is 2. The maximum Gasteiger partial charge on any atom is 0.215 e. The first-order valence-electron chi connectivity index (χ1n) is 7.56. The molecule has 19 heavy (non-hydrogen) atoms. The normalized spacial score (nSPS) is 34.3. The van der Waals surface area contributed by atoms with Crippen LogP contribution >= 0.6 is 15.9 Å². The molecule has 2 saturated carbocycles. The lowest BCUT2D eigenvalue weighted by atomic mass is 9.78. The van der Waals surface area contributed by atoms with E-state index in [1.807, 2.05) is 0 Å². The zero-order valence-electron chi connectivity index (χ0n) is 11.8. The van der Waals surface area contributed by atoms with Gasteiger partial charge in [0.05, 0.1) is 5.25 Å². The molecule has 0 radical (unpaired) electrons. The molecule has 0 heterocycles. The van der Waals surface area contributed by atoms with Gasteiger partial charge >= 0.3 is 0 Å². The van der Waals surface area contributed by atoms with E-state index in [4.69, 9.17) is 0 Å². The minimum Gasteiger partial charge on any atom is -0.212 e. The Labute approximate surface area is 126 Å². The van der Waals surface area contributed by atoms with E-state index < -0.39 is 10.0 Å². The van der Waals surface area contributed by atoms with Gasteiger partial charge in [-0.2, -0.15) is 0 Å². The van der Waals surface area contributed by atoms with Gasteiger partial charge in [0.1, 0.15) is 0 Å². The maximum absolute atomic E-state index is 12.6. The van der Waals surface area contributed by atoms with Crippen molar-refractivity contribution in [3.8, 4) is 0 Å². The topological polar surface area (TPSA) is 46.2 Å². The molecule has 3 nitrogen and oxygen atoms in total. The molecule has 2 unspecified atom stereocenters. The average Bonchev–Trinajstić information content (AvgIpc) is 2.39. The van der Waals surface area contributed by atoms with Crippen molar-refractivity contribution >= 4 is 26.0 Å². The lowest BCUT2D eigenvalue weighted by molar-refractivity contribution is 0.240. The predicted octanol–water partition coefficient (Wildman–Crippen LogP) is 3.58. The Bertz CT molecular complexity index is 392. The third-order valence-electron chi connectivity index (χ3n) is 4.70. The van der Waals surface area contributed by atoms with Crippen LogP contribution in [0.4, 0.5) is 0 Å². The first-order chi connectivity index (χ1) is 8.97. The summed E-state index contributed by atoms with van der Waals surface area (Å²) in [6.07, 6.45) is 9.25. The third-order valence-corrected chi connectivity index (χ3v) is 7.84. The molecule has 0 aliphatic heterocycles. The average molecular weight is 352 g/mol. The minimum atomic E-state index is -3.16. The van der Waals surface area contributed by atoms with Crippen LogP contribution in [-0.2, 0) is 10.0 Å². The molecule has 0 spiro atoms. The van der Waals surface area contributed by atoms with Crippen LogP contribution in [0.1, 0.15) is 64.7 Å². The fourth-order valence-corrected chi connectivity index (χ4v) is 6.48. The van der Waals surface area contributed by atoms with Crippen LogP contribution in [0.2, 0.25) is 0 Å². The van der Waals surface area contributed by atoms with Crippen LogP contribution < -0.4 is 4.72 Å². The van der Waals surface area contributed by atoms with Gasteiger partial charge in [0, 0.05) is 10.9 Å². The summed E-state index contributed by atoms with van der Waals surface area (Å²) in [5, 5.41) is 0.574. The first-order valence-corrected chi connectivity index (χ1v) is 10.2. The molecule has 2 fully saturated rings. The number of rotatable bonds is 4. The highest BCUT2D eigenvalue weighted by atomic mass is 79.9. The SMILES string of the molecule is CC1CCCC(CBr)(NS(=O)(=O)C2CCCCC2)C1. The highest BCUT2D eigenvalue weighted by molar-refractivity contribution is 9.09. The lowest BCUT2D eigenvalue weighted by Gasteiger charge is -2.40. The Morgan fingerprint density at radius 3 is 2.42 bits per heavy atom. The van der Waals surface area contributed by atoms with E-state index in [0.717, 1.165) is 50.3 Å². The van der Waals surface area contributed by atoms with E-state index >= 15 is 0 Å². The Morgan fingerprint density at radius 2 is 1.84 bits per heavy atom. The van der Waals surface area contributed by atoms with Crippen molar-refractivity contribution in [3.63, 3.8) is 0 Å². The summed E-state index contributed by atoms with van der Waals surface area (Å²) in [5.74, 6) is 0.611. The monoisotopic (exact) mass is 351 g/mol. The van der Waals surface area contributed by atoms with Gasteiger partial charge in [-0.15, -0.1) is 0 Å². The van der Waals surface area contributed by atoms with Crippen LogP contribution in [0.3, 0.4) is 0 Å². The van der Waals surface area contributed by atoms with Gasteiger partial charge in [0.15, 0.2) is 0 Å². The number of hydrogen-bond donors (Lipinski definition) is 1. The summed E-state index contributed by atoms with van der Waals surface area (Å²) >= 11 is 3.55. The van der Waals surface area contributed by atoms with Crippen molar-refractivity contribution in [2.45, 2.75) is 75.5 Å². The second-order valence-electron chi connectivity index (χ2n) is 6.52. The molecule has 2 aliphatic carbocycles. The van der Waals surface area contributed by atoms with E-state index in [1.54, 1.807) is 0 Å². The van der Waals surface area contributed by atoms with E-state index in [0.29, 0.717) is 5.92 Å². The van der Waals surface area contributed by atoms with Crippen LogP contribution in [0, 0.1) is 5.92 Å². The van der Waals surface area contributed by atoms with Gasteiger partial charge in [-0.25, -0.2) is 13.1 Å². The van der Waals surface area contributed by atoms with Crippen LogP contribution in [0.25, 0.3) is 0 Å². The molecule has 5 heteroatoms. The van der Waals surface area contributed by atoms with Gasteiger partial charge in [0.2, 0.25) is 10.0 Å². The van der Waals surface area contributed by atoms with E-state index in [9.17, 15) is 8.42 Å². The van der Waals surface area contributed by atoms with Gasteiger partial charge in [-0.1, -0.05) is 55.0 Å². The number of sulfonamides is 1. The molecule has 2 atom stereocenters. The van der Waals surface area contributed by atoms with E-state index in [-0.39, 0.29) is 10.8 Å². The maximum atomic E-state index is 12.6. The smallest absolute Gasteiger partial charge is 0.212 e. The lowest BCUT2D eigenvalue weighted by Crippen LogP contribution is -2.54. The highest BCUT2D eigenvalue weighted by Crippen LogP contribution is 2.35. The second-order valence-corrected chi connectivity index (χ2v) is 9.04. The number of halogens is 1. The summed E-state index contributed by atoms with van der Waals surface area (Å²) in [7, 11) is -3.16. The van der Waals surface area contributed by atoms with Gasteiger partial charge in [-0.3, -0.25) is 0 Å². The molecule has 0 amide bonds. The van der Waals surface area contributed by atoms with Crippen LogP contribution in [0.15, 0.2) is 0 Å². The molecule has 2 rings (SSSR count). The highest BCUT2D eigenvalue weighted by Gasteiger charge is 2.40. The number of nitrogens with one attached hydrogen (secondary N) is 1. The molecule has 112 valence electrons.